The van der Waals surface area contributed by atoms with Gasteiger partial charge in [0.2, 0.25) is 5.55 Å². The van der Waals surface area contributed by atoms with Crippen LogP contribution in [0.25, 0.3) is 11.0 Å². The summed E-state index contributed by atoms with van der Waals surface area (Å²) in [6.45, 7) is 5.09. The molecule has 0 aliphatic heterocycles. The lowest BCUT2D eigenvalue weighted by Crippen LogP contribution is -2.22. The van der Waals surface area contributed by atoms with E-state index in [9.17, 15) is 9.59 Å². The van der Waals surface area contributed by atoms with Crippen molar-refractivity contribution in [2.24, 2.45) is 4.99 Å². The summed E-state index contributed by atoms with van der Waals surface area (Å²) in [5.74, 6) is -0.821. The average molecular weight is 476 g/mol. The molecule has 0 aliphatic rings. The molecular formula is C26H22ClN3O4. The molecule has 0 bridgehead atoms. The molecule has 2 aromatic carbocycles. The van der Waals surface area contributed by atoms with E-state index in [4.69, 9.17) is 20.8 Å². The minimum absolute atomic E-state index is 0.00155. The maximum absolute atomic E-state index is 13.3. The minimum atomic E-state index is -0.421. The third kappa shape index (κ3) is 5.32. The Morgan fingerprint density at radius 1 is 1.12 bits per heavy atom. The van der Waals surface area contributed by atoms with Gasteiger partial charge in [0, 0.05) is 34.8 Å². The molecule has 0 unspecified atom stereocenters. The molecule has 172 valence electrons. The Labute approximate surface area is 201 Å². The summed E-state index contributed by atoms with van der Waals surface area (Å²) in [7, 11) is 0. The van der Waals surface area contributed by atoms with Crippen molar-refractivity contribution in [1.29, 1.82) is 0 Å². The summed E-state index contributed by atoms with van der Waals surface area (Å²) in [5.41, 5.74) is 4.22. The second-order valence-corrected chi connectivity index (χ2v) is 8.21. The summed E-state index contributed by atoms with van der Waals surface area (Å²) >= 11 is 6.11. The topological polar surface area (TPSA) is 93.8 Å². The Morgan fingerprint density at radius 2 is 1.88 bits per heavy atom. The number of aromatic nitrogens is 1. The van der Waals surface area contributed by atoms with Crippen molar-refractivity contribution >= 4 is 45.8 Å². The van der Waals surface area contributed by atoms with E-state index in [1.807, 2.05) is 31.2 Å². The zero-order valence-corrected chi connectivity index (χ0v) is 19.6. The van der Waals surface area contributed by atoms with Gasteiger partial charge in [-0.05, 0) is 50.2 Å². The van der Waals surface area contributed by atoms with Crippen molar-refractivity contribution in [1.82, 2.24) is 4.98 Å². The first kappa shape index (κ1) is 23.2. The number of pyridine rings is 1. The van der Waals surface area contributed by atoms with Crippen LogP contribution in [0.15, 0.2) is 70.2 Å². The van der Waals surface area contributed by atoms with E-state index in [0.717, 1.165) is 5.56 Å². The molecular weight excluding hydrogens is 454 g/mol. The van der Waals surface area contributed by atoms with Crippen LogP contribution in [0.3, 0.4) is 0 Å². The van der Waals surface area contributed by atoms with Crippen LogP contribution >= 0.6 is 11.6 Å². The van der Waals surface area contributed by atoms with Crippen LogP contribution in [-0.4, -0.2) is 16.9 Å². The third-order valence-corrected chi connectivity index (χ3v) is 5.31. The van der Waals surface area contributed by atoms with Crippen molar-refractivity contribution in [3.63, 3.8) is 0 Å². The number of esters is 1. The number of benzene rings is 2. The Bertz CT molecular complexity index is 1460. The number of aryl methyl sites for hydroxylation is 2. The van der Waals surface area contributed by atoms with E-state index in [0.29, 0.717) is 38.6 Å². The van der Waals surface area contributed by atoms with E-state index < -0.39 is 11.9 Å². The van der Waals surface area contributed by atoms with Gasteiger partial charge in [0.1, 0.15) is 12.2 Å². The van der Waals surface area contributed by atoms with Crippen LogP contribution in [0, 0.1) is 13.8 Å². The van der Waals surface area contributed by atoms with Gasteiger partial charge >= 0.3 is 5.97 Å². The van der Waals surface area contributed by atoms with Gasteiger partial charge < -0.3 is 14.5 Å². The zero-order chi connectivity index (χ0) is 24.2. The second-order valence-electron chi connectivity index (χ2n) is 7.77. The number of nitrogens with zero attached hydrogens (tertiary/aromatic N) is 2. The first-order valence-corrected chi connectivity index (χ1v) is 10.9. The van der Waals surface area contributed by atoms with Crippen LogP contribution in [0.4, 0.5) is 11.4 Å². The standard InChI is InChI=1S/C26H22ClN3O4/c1-15-7-9-20(10-8-15)29-25(32)23-12-22-18(14-33-17(3)31)13-28-16(2)24(22)34-26(23)30-21-6-4-5-19(27)11-21/h4-13H,14H2,1-3H3,(H,29,32). The molecule has 1 N–H and O–H groups in total. The highest BCUT2D eigenvalue weighted by atomic mass is 35.5. The van der Waals surface area contributed by atoms with Gasteiger partial charge in [-0.2, -0.15) is 0 Å². The highest BCUT2D eigenvalue weighted by Gasteiger charge is 2.17. The van der Waals surface area contributed by atoms with Crippen LogP contribution in [-0.2, 0) is 16.1 Å². The minimum Gasteiger partial charge on any atom is -0.461 e. The highest BCUT2D eigenvalue weighted by molar-refractivity contribution is 6.30. The van der Waals surface area contributed by atoms with Gasteiger partial charge in [-0.1, -0.05) is 35.4 Å². The van der Waals surface area contributed by atoms with Crippen molar-refractivity contribution in [3.8, 4) is 0 Å². The molecule has 7 nitrogen and oxygen atoms in total. The SMILES string of the molecule is CC(=O)OCc1cnc(C)c2oc(=Nc3cccc(Cl)c3)c(C(=O)Nc3ccc(C)cc3)cc12. The lowest BCUT2D eigenvalue weighted by atomic mass is 10.1. The van der Waals surface area contributed by atoms with Gasteiger partial charge in [0.25, 0.3) is 5.91 Å². The second kappa shape index (κ2) is 9.89. The Hall–Kier alpha value is -3.97. The van der Waals surface area contributed by atoms with Gasteiger partial charge in [-0.15, -0.1) is 0 Å². The number of halogens is 1. The van der Waals surface area contributed by atoms with Crippen molar-refractivity contribution in [2.45, 2.75) is 27.4 Å². The van der Waals surface area contributed by atoms with Crippen molar-refractivity contribution in [2.75, 3.05) is 5.32 Å². The van der Waals surface area contributed by atoms with E-state index in [1.54, 1.807) is 43.5 Å². The zero-order valence-electron chi connectivity index (χ0n) is 18.9. The fourth-order valence-electron chi connectivity index (χ4n) is 3.33. The van der Waals surface area contributed by atoms with Gasteiger partial charge in [-0.3, -0.25) is 14.6 Å². The maximum Gasteiger partial charge on any atom is 0.302 e. The number of carbonyl (C=O) groups is 2. The predicted octanol–water partition coefficient (Wildman–Crippen LogP) is 5.65. The molecule has 8 heteroatoms. The lowest BCUT2D eigenvalue weighted by Gasteiger charge is -2.11. The molecule has 0 saturated heterocycles. The van der Waals surface area contributed by atoms with Crippen LogP contribution in [0.5, 0.6) is 0 Å². The Balaban J connectivity index is 1.90. The predicted molar refractivity (Wildman–Crippen MR) is 130 cm³/mol. The van der Waals surface area contributed by atoms with E-state index in [-0.39, 0.29) is 17.7 Å². The quantitative estimate of drug-likeness (QED) is 0.376. The number of nitrogens with one attached hydrogen (secondary N) is 1. The number of rotatable bonds is 5. The van der Waals surface area contributed by atoms with Crippen molar-refractivity contribution in [3.05, 3.63) is 93.8 Å². The molecule has 0 spiro atoms. The van der Waals surface area contributed by atoms with E-state index in [1.165, 1.54) is 6.92 Å². The molecule has 0 atom stereocenters. The Kier molecular flexibility index (Phi) is 6.75. The fraction of sp³-hybridized carbons (Fsp3) is 0.154. The molecule has 1 amide bonds. The number of ether oxygens (including phenoxy) is 1. The molecule has 4 aromatic rings. The summed E-state index contributed by atoms with van der Waals surface area (Å²) in [5, 5.41) is 4.00. The maximum atomic E-state index is 13.3. The van der Waals surface area contributed by atoms with Gasteiger partial charge in [0.05, 0.1) is 11.4 Å². The fourth-order valence-corrected chi connectivity index (χ4v) is 3.51. The smallest absolute Gasteiger partial charge is 0.302 e. The summed E-state index contributed by atoms with van der Waals surface area (Å²) < 4.78 is 11.3. The van der Waals surface area contributed by atoms with Crippen molar-refractivity contribution < 1.29 is 18.7 Å². The molecule has 0 aliphatic carbocycles. The normalized spacial score (nSPS) is 11.5. The van der Waals surface area contributed by atoms with E-state index in [2.05, 4.69) is 15.3 Å². The number of anilines is 1. The van der Waals surface area contributed by atoms with Gasteiger partial charge in [-0.25, -0.2) is 4.99 Å². The van der Waals surface area contributed by atoms with Crippen LogP contribution in [0.1, 0.15) is 34.1 Å². The average Bonchev–Trinajstić information content (AvgIpc) is 2.80. The van der Waals surface area contributed by atoms with Crippen LogP contribution < -0.4 is 10.9 Å². The highest BCUT2D eigenvalue weighted by Crippen LogP contribution is 2.23. The number of hydrogen-bond acceptors (Lipinski definition) is 6. The lowest BCUT2D eigenvalue weighted by molar-refractivity contribution is -0.142. The first-order valence-electron chi connectivity index (χ1n) is 10.5. The van der Waals surface area contributed by atoms with Crippen LogP contribution in [0.2, 0.25) is 5.02 Å². The molecule has 34 heavy (non-hydrogen) atoms. The molecule has 0 saturated carbocycles. The summed E-state index contributed by atoms with van der Waals surface area (Å²) in [6.07, 6.45) is 1.60. The molecule has 2 heterocycles. The number of carbonyl (C=O) groups excluding carboxylic acids is 2. The molecule has 4 rings (SSSR count). The summed E-state index contributed by atoms with van der Waals surface area (Å²) in [6, 6.07) is 16.1. The Morgan fingerprint density at radius 3 is 2.59 bits per heavy atom. The number of amides is 1. The number of fused-ring (bicyclic) bond motifs is 1. The van der Waals surface area contributed by atoms with E-state index >= 15 is 0 Å². The largest absolute Gasteiger partial charge is 0.461 e. The number of hydrogen-bond donors (Lipinski definition) is 1. The molecule has 0 fully saturated rings. The van der Waals surface area contributed by atoms with Gasteiger partial charge in [0.15, 0.2) is 5.58 Å². The third-order valence-electron chi connectivity index (χ3n) is 5.07. The molecule has 2 aromatic heterocycles. The first-order chi connectivity index (χ1) is 16.3. The monoisotopic (exact) mass is 475 g/mol. The summed E-state index contributed by atoms with van der Waals surface area (Å²) in [4.78, 5) is 33.6. The molecule has 0 radical (unpaired) electrons.